The summed E-state index contributed by atoms with van der Waals surface area (Å²) in [5.41, 5.74) is 5.69. The van der Waals surface area contributed by atoms with Crippen molar-refractivity contribution < 1.29 is 5.11 Å². The first-order valence-electron chi connectivity index (χ1n) is 9.92. The van der Waals surface area contributed by atoms with Gasteiger partial charge in [-0.05, 0) is 87.5 Å². The molecule has 2 rings (SSSR count). The molecule has 1 aliphatic carbocycles. The van der Waals surface area contributed by atoms with Crippen LogP contribution in [0.15, 0.2) is 66.0 Å². The molecule has 0 unspecified atom stereocenters. The Morgan fingerprint density at radius 2 is 2.14 bits per heavy atom. The minimum absolute atomic E-state index is 0.287. The molecule has 1 N–H and O–H groups in total. The third kappa shape index (κ3) is 6.29. The molecule has 1 aliphatic rings. The van der Waals surface area contributed by atoms with Crippen LogP contribution in [0.25, 0.3) is 5.57 Å². The van der Waals surface area contributed by atoms with Crippen molar-refractivity contribution >= 4 is 5.57 Å². The molecule has 0 heterocycles. The van der Waals surface area contributed by atoms with Gasteiger partial charge in [-0.3, -0.25) is 0 Å². The standard InChI is InChI=1S/C26H33NO/c1-7-9-22(23-11-8-10-21(15-23)18-27(5)6)16-25(28)17-24-14-20(4)12-13-26(24)19(2)3/h1,8-11,14-16,24,26,28H,2,12-13,17-18H2,3-6H3/b22-9+,25-16+/t24-,26-/m0/s1. The molecule has 0 fully saturated rings. The fourth-order valence-corrected chi connectivity index (χ4v) is 3.97. The molecular formula is C26H33NO. The van der Waals surface area contributed by atoms with Gasteiger partial charge in [-0.1, -0.05) is 47.9 Å². The van der Waals surface area contributed by atoms with Crippen LogP contribution in [0.2, 0.25) is 0 Å². The Kier molecular flexibility index (Phi) is 7.91. The predicted molar refractivity (Wildman–Crippen MR) is 121 cm³/mol. The van der Waals surface area contributed by atoms with Crippen LogP contribution in [-0.2, 0) is 6.54 Å². The first kappa shape index (κ1) is 21.8. The molecule has 0 radical (unpaired) electrons. The second kappa shape index (κ2) is 10.2. The van der Waals surface area contributed by atoms with E-state index in [0.717, 1.165) is 30.5 Å². The van der Waals surface area contributed by atoms with Crippen molar-refractivity contribution in [3.63, 3.8) is 0 Å². The summed E-state index contributed by atoms with van der Waals surface area (Å²) in [4.78, 5) is 2.13. The number of hydrogen-bond acceptors (Lipinski definition) is 2. The van der Waals surface area contributed by atoms with Crippen LogP contribution in [0, 0.1) is 24.2 Å². The lowest BCUT2D eigenvalue weighted by molar-refractivity contribution is 0.321. The van der Waals surface area contributed by atoms with Gasteiger partial charge in [0.15, 0.2) is 0 Å². The maximum Gasteiger partial charge on any atom is 0.0935 e. The molecule has 148 valence electrons. The highest BCUT2D eigenvalue weighted by Gasteiger charge is 2.25. The summed E-state index contributed by atoms with van der Waals surface area (Å²) in [6, 6.07) is 8.31. The zero-order valence-electron chi connectivity index (χ0n) is 17.7. The highest BCUT2D eigenvalue weighted by Crippen LogP contribution is 2.36. The van der Waals surface area contributed by atoms with Crippen LogP contribution in [0.5, 0.6) is 0 Å². The van der Waals surface area contributed by atoms with E-state index in [1.807, 2.05) is 32.3 Å². The SMILES string of the molecule is C#C/C=C(\C=C(\O)C[C@@H]1C=C(C)CC[C@H]1C(=C)C)c1cccc(CN(C)C)c1. The number of allylic oxidation sites excluding steroid dienone is 7. The Hall–Kier alpha value is -2.50. The number of hydrogen-bond donors (Lipinski definition) is 1. The highest BCUT2D eigenvalue weighted by atomic mass is 16.3. The molecule has 0 amide bonds. The van der Waals surface area contributed by atoms with Gasteiger partial charge in [-0.15, -0.1) is 6.42 Å². The molecule has 0 bridgehead atoms. The lowest BCUT2D eigenvalue weighted by Crippen LogP contribution is -2.19. The van der Waals surface area contributed by atoms with Gasteiger partial charge in [0.2, 0.25) is 0 Å². The molecule has 0 aromatic heterocycles. The third-order valence-electron chi connectivity index (χ3n) is 5.26. The summed E-state index contributed by atoms with van der Waals surface area (Å²) < 4.78 is 0. The topological polar surface area (TPSA) is 23.5 Å². The van der Waals surface area contributed by atoms with E-state index in [1.54, 1.807) is 6.08 Å². The average molecular weight is 376 g/mol. The maximum absolute atomic E-state index is 10.7. The minimum atomic E-state index is 0.287. The molecule has 1 aromatic rings. The van der Waals surface area contributed by atoms with Crippen molar-refractivity contribution in [3.8, 4) is 12.3 Å². The summed E-state index contributed by atoms with van der Waals surface area (Å²) in [5, 5.41) is 10.7. The average Bonchev–Trinajstić information content (AvgIpc) is 2.60. The van der Waals surface area contributed by atoms with Crippen LogP contribution in [0.3, 0.4) is 0 Å². The van der Waals surface area contributed by atoms with Gasteiger partial charge in [-0.25, -0.2) is 0 Å². The molecule has 1 aromatic carbocycles. The van der Waals surface area contributed by atoms with Crippen molar-refractivity contribution in [3.05, 3.63) is 77.1 Å². The van der Waals surface area contributed by atoms with E-state index in [-0.39, 0.29) is 5.92 Å². The lowest BCUT2D eigenvalue weighted by Gasteiger charge is -2.30. The maximum atomic E-state index is 10.7. The van der Waals surface area contributed by atoms with Gasteiger partial charge >= 0.3 is 0 Å². The largest absolute Gasteiger partial charge is 0.512 e. The van der Waals surface area contributed by atoms with E-state index in [0.29, 0.717) is 18.1 Å². The van der Waals surface area contributed by atoms with E-state index in [1.165, 1.54) is 16.7 Å². The third-order valence-corrected chi connectivity index (χ3v) is 5.26. The molecule has 0 spiro atoms. The van der Waals surface area contributed by atoms with Gasteiger partial charge in [0.1, 0.15) is 0 Å². The van der Waals surface area contributed by atoms with E-state index in [9.17, 15) is 5.11 Å². The van der Waals surface area contributed by atoms with Crippen molar-refractivity contribution in [1.29, 1.82) is 0 Å². The summed E-state index contributed by atoms with van der Waals surface area (Å²) in [6.07, 6.45) is 14.2. The van der Waals surface area contributed by atoms with E-state index in [4.69, 9.17) is 6.42 Å². The number of aliphatic hydroxyl groups is 1. The summed E-state index contributed by atoms with van der Waals surface area (Å²) in [7, 11) is 4.10. The number of aliphatic hydroxyl groups excluding tert-OH is 1. The van der Waals surface area contributed by atoms with Crippen LogP contribution in [-0.4, -0.2) is 24.1 Å². The Morgan fingerprint density at radius 1 is 1.39 bits per heavy atom. The van der Waals surface area contributed by atoms with E-state index < -0.39 is 0 Å². The molecule has 0 saturated heterocycles. The zero-order chi connectivity index (χ0) is 20.7. The van der Waals surface area contributed by atoms with Crippen LogP contribution >= 0.6 is 0 Å². The van der Waals surface area contributed by atoms with Gasteiger partial charge in [0, 0.05) is 13.0 Å². The molecule has 2 atom stereocenters. The van der Waals surface area contributed by atoms with Crippen molar-refractivity contribution in [1.82, 2.24) is 4.90 Å². The van der Waals surface area contributed by atoms with Crippen LogP contribution in [0.4, 0.5) is 0 Å². The predicted octanol–water partition coefficient (Wildman–Crippen LogP) is 6.15. The quantitative estimate of drug-likeness (QED) is 0.267. The van der Waals surface area contributed by atoms with Gasteiger partial charge < -0.3 is 10.0 Å². The summed E-state index contributed by atoms with van der Waals surface area (Å²) in [5.74, 6) is 3.68. The van der Waals surface area contributed by atoms with Crippen molar-refractivity contribution in [2.24, 2.45) is 11.8 Å². The van der Waals surface area contributed by atoms with Crippen LogP contribution < -0.4 is 0 Å². The number of benzene rings is 1. The minimum Gasteiger partial charge on any atom is -0.512 e. The second-order valence-electron chi connectivity index (χ2n) is 8.21. The van der Waals surface area contributed by atoms with Crippen LogP contribution in [0.1, 0.15) is 44.2 Å². The molecule has 2 heteroatoms. The number of terminal acetylenes is 1. The number of nitrogens with zero attached hydrogens (tertiary/aromatic N) is 1. The Bertz CT molecular complexity index is 832. The summed E-state index contributed by atoms with van der Waals surface area (Å²) >= 11 is 0. The molecular weight excluding hydrogens is 342 g/mol. The van der Waals surface area contributed by atoms with Gasteiger partial charge in [0.05, 0.1) is 5.76 Å². The number of rotatable bonds is 7. The normalized spacial score (nSPS) is 20.6. The molecule has 0 aliphatic heterocycles. The Balaban J connectivity index is 2.26. The molecule has 2 nitrogen and oxygen atoms in total. The first-order chi connectivity index (χ1) is 13.3. The molecule has 0 saturated carbocycles. The van der Waals surface area contributed by atoms with Gasteiger partial charge in [-0.2, -0.15) is 0 Å². The zero-order valence-corrected chi connectivity index (χ0v) is 17.7. The monoisotopic (exact) mass is 375 g/mol. The molecule has 28 heavy (non-hydrogen) atoms. The fourth-order valence-electron chi connectivity index (χ4n) is 3.97. The second-order valence-corrected chi connectivity index (χ2v) is 8.21. The van der Waals surface area contributed by atoms with Crippen molar-refractivity contribution in [2.75, 3.05) is 14.1 Å². The van der Waals surface area contributed by atoms with E-state index >= 15 is 0 Å². The van der Waals surface area contributed by atoms with Gasteiger partial charge in [0.25, 0.3) is 0 Å². The highest BCUT2D eigenvalue weighted by molar-refractivity contribution is 5.76. The first-order valence-corrected chi connectivity index (χ1v) is 9.92. The summed E-state index contributed by atoms with van der Waals surface area (Å²) in [6.45, 7) is 9.28. The lowest BCUT2D eigenvalue weighted by atomic mass is 9.76. The Labute approximate surface area is 171 Å². The van der Waals surface area contributed by atoms with Crippen molar-refractivity contribution in [2.45, 2.75) is 39.7 Å². The fraction of sp³-hybridized carbons (Fsp3) is 0.385. The van der Waals surface area contributed by atoms with E-state index in [2.05, 4.69) is 49.5 Å². The Morgan fingerprint density at radius 3 is 2.79 bits per heavy atom. The smallest absolute Gasteiger partial charge is 0.0935 e.